The van der Waals surface area contributed by atoms with E-state index in [0.717, 1.165) is 5.69 Å². The molecule has 0 unspecified atom stereocenters. The second kappa shape index (κ2) is 7.45. The summed E-state index contributed by atoms with van der Waals surface area (Å²) in [6.07, 6.45) is -0.247. The number of nitrogens with one attached hydrogen (secondary N) is 1. The molecule has 22 heavy (non-hydrogen) atoms. The van der Waals surface area contributed by atoms with E-state index in [-0.39, 0.29) is 18.2 Å². The van der Waals surface area contributed by atoms with Crippen molar-refractivity contribution in [1.29, 1.82) is 0 Å². The fourth-order valence-electron chi connectivity index (χ4n) is 2.59. The Labute approximate surface area is 137 Å². The first-order chi connectivity index (χ1) is 10.5. The first-order valence-corrected chi connectivity index (χ1v) is 7.99. The van der Waals surface area contributed by atoms with Crippen LogP contribution in [0.3, 0.4) is 0 Å². The molecule has 0 radical (unpaired) electrons. The lowest BCUT2D eigenvalue weighted by molar-refractivity contribution is 0.0546. The van der Waals surface area contributed by atoms with Crippen molar-refractivity contribution in [1.82, 2.24) is 9.80 Å². The highest BCUT2D eigenvalue weighted by atomic mass is 32.1. The molecule has 1 aromatic rings. The summed E-state index contributed by atoms with van der Waals surface area (Å²) >= 11 is 5.52. The van der Waals surface area contributed by atoms with Crippen LogP contribution < -0.4 is 5.32 Å². The molecule has 1 N–H and O–H groups in total. The number of para-hydroxylation sites is 1. The first kappa shape index (κ1) is 16.5. The summed E-state index contributed by atoms with van der Waals surface area (Å²) in [7, 11) is 0. The maximum absolute atomic E-state index is 12.0. The van der Waals surface area contributed by atoms with Gasteiger partial charge in [0.1, 0.15) is 0 Å². The van der Waals surface area contributed by atoms with Crippen LogP contribution in [0.2, 0.25) is 0 Å². The highest BCUT2D eigenvalue weighted by molar-refractivity contribution is 7.80. The molecule has 1 aliphatic rings. The molecule has 1 aliphatic heterocycles. The topological polar surface area (TPSA) is 44.8 Å². The molecule has 1 heterocycles. The monoisotopic (exact) mass is 321 g/mol. The van der Waals surface area contributed by atoms with Crippen molar-refractivity contribution >= 4 is 29.1 Å². The van der Waals surface area contributed by atoms with Crippen LogP contribution in [0.4, 0.5) is 10.5 Å². The molecule has 0 aromatic heterocycles. The van der Waals surface area contributed by atoms with Gasteiger partial charge in [-0.3, -0.25) is 0 Å². The summed E-state index contributed by atoms with van der Waals surface area (Å²) < 4.78 is 5.11. The molecule has 120 valence electrons. The van der Waals surface area contributed by atoms with Crippen molar-refractivity contribution in [3.63, 3.8) is 0 Å². The van der Waals surface area contributed by atoms with Crippen LogP contribution in [0.25, 0.3) is 0 Å². The zero-order valence-corrected chi connectivity index (χ0v) is 14.1. The smallest absolute Gasteiger partial charge is 0.410 e. The van der Waals surface area contributed by atoms with Crippen LogP contribution >= 0.6 is 12.2 Å². The van der Waals surface area contributed by atoms with Crippen molar-refractivity contribution in [2.24, 2.45) is 0 Å². The minimum Gasteiger partial charge on any atom is -0.450 e. The number of ether oxygens (including phenoxy) is 1. The molecule has 5 nitrogen and oxygen atoms in total. The molecule has 1 fully saturated rings. The third-order valence-electron chi connectivity index (χ3n) is 3.77. The van der Waals surface area contributed by atoms with Crippen LogP contribution in [0, 0.1) is 0 Å². The average Bonchev–Trinajstić information content (AvgIpc) is 2.50. The lowest BCUT2D eigenvalue weighted by atomic mass is 10.1. The molecule has 2 rings (SSSR count). The normalized spacial score (nSPS) is 21.4. The minimum atomic E-state index is -0.247. The number of carbonyl (C=O) groups is 1. The van der Waals surface area contributed by atoms with Crippen LogP contribution in [-0.4, -0.2) is 52.8 Å². The summed E-state index contributed by atoms with van der Waals surface area (Å²) in [6, 6.07) is 10.1. The predicted molar refractivity (Wildman–Crippen MR) is 92.0 cm³/mol. The number of rotatable bonds is 2. The van der Waals surface area contributed by atoms with E-state index in [4.69, 9.17) is 17.0 Å². The van der Waals surface area contributed by atoms with Gasteiger partial charge in [-0.2, -0.15) is 0 Å². The molecule has 0 aliphatic carbocycles. The fourth-order valence-corrected chi connectivity index (χ4v) is 2.96. The van der Waals surface area contributed by atoms with E-state index in [0.29, 0.717) is 24.8 Å². The Kier molecular flexibility index (Phi) is 5.60. The molecule has 1 saturated heterocycles. The maximum atomic E-state index is 12.0. The Balaban J connectivity index is 1.99. The number of hydrogen-bond donors (Lipinski definition) is 1. The second-order valence-electron chi connectivity index (χ2n) is 5.50. The summed E-state index contributed by atoms with van der Waals surface area (Å²) in [5, 5.41) is 3.94. The third-order valence-corrected chi connectivity index (χ3v) is 4.11. The van der Waals surface area contributed by atoms with Crippen LogP contribution in [0.1, 0.15) is 20.8 Å². The van der Waals surface area contributed by atoms with Gasteiger partial charge in [-0.25, -0.2) is 4.79 Å². The van der Waals surface area contributed by atoms with E-state index in [9.17, 15) is 4.79 Å². The number of nitrogens with zero attached hydrogens (tertiary/aromatic N) is 2. The Hall–Kier alpha value is -1.82. The lowest BCUT2D eigenvalue weighted by Gasteiger charge is -2.44. The average molecular weight is 321 g/mol. The molecule has 0 bridgehead atoms. The predicted octanol–water partition coefficient (Wildman–Crippen LogP) is 2.93. The van der Waals surface area contributed by atoms with Gasteiger partial charge in [-0.15, -0.1) is 0 Å². The largest absolute Gasteiger partial charge is 0.450 e. The van der Waals surface area contributed by atoms with Gasteiger partial charge in [0.25, 0.3) is 0 Å². The van der Waals surface area contributed by atoms with Gasteiger partial charge in [-0.05, 0) is 45.1 Å². The van der Waals surface area contributed by atoms with Crippen molar-refractivity contribution in [2.75, 3.05) is 25.0 Å². The summed E-state index contributed by atoms with van der Waals surface area (Å²) in [5.74, 6) is 0. The summed E-state index contributed by atoms with van der Waals surface area (Å²) in [4.78, 5) is 15.9. The van der Waals surface area contributed by atoms with Crippen LogP contribution in [0.5, 0.6) is 0 Å². The van der Waals surface area contributed by atoms with Gasteiger partial charge in [-0.1, -0.05) is 18.2 Å². The van der Waals surface area contributed by atoms with Crippen molar-refractivity contribution in [3.8, 4) is 0 Å². The Morgan fingerprint density at radius 2 is 1.82 bits per heavy atom. The van der Waals surface area contributed by atoms with E-state index < -0.39 is 0 Å². The molecule has 1 aromatic carbocycles. The number of carbonyl (C=O) groups excluding carboxylic acids is 1. The van der Waals surface area contributed by atoms with Gasteiger partial charge in [0, 0.05) is 30.9 Å². The van der Waals surface area contributed by atoms with Gasteiger partial charge in [0.2, 0.25) is 0 Å². The number of anilines is 1. The number of hydrogen-bond acceptors (Lipinski definition) is 3. The van der Waals surface area contributed by atoms with Crippen molar-refractivity contribution in [2.45, 2.75) is 32.9 Å². The number of thiocarbonyl (C=S) groups is 1. The molecular formula is C16H23N3O2S. The van der Waals surface area contributed by atoms with E-state index in [1.807, 2.05) is 44.2 Å². The number of amides is 1. The quantitative estimate of drug-likeness (QED) is 0.849. The van der Waals surface area contributed by atoms with E-state index in [1.54, 1.807) is 4.90 Å². The Bertz CT molecular complexity index is 523. The van der Waals surface area contributed by atoms with E-state index in [1.165, 1.54) is 0 Å². The fraction of sp³-hybridized carbons (Fsp3) is 0.500. The standard InChI is InChI=1S/C16H23N3O2S/c1-4-21-16(20)19-11-12(2)18(10-13(19)3)15(22)17-14-8-6-5-7-9-14/h5-9,12-13H,4,10-11H2,1-3H3,(H,17,22)/t12-,13-/m0/s1. The first-order valence-electron chi connectivity index (χ1n) is 7.59. The third kappa shape index (κ3) is 3.88. The van der Waals surface area contributed by atoms with Crippen LogP contribution in [0.15, 0.2) is 30.3 Å². The molecule has 1 amide bonds. The number of piperazine rings is 1. The zero-order valence-electron chi connectivity index (χ0n) is 13.3. The maximum Gasteiger partial charge on any atom is 0.410 e. The molecule has 2 atom stereocenters. The van der Waals surface area contributed by atoms with Crippen molar-refractivity contribution < 1.29 is 9.53 Å². The Morgan fingerprint density at radius 3 is 2.45 bits per heavy atom. The molecule has 0 saturated carbocycles. The van der Waals surface area contributed by atoms with Crippen LogP contribution in [-0.2, 0) is 4.74 Å². The van der Waals surface area contributed by atoms with Gasteiger partial charge >= 0.3 is 6.09 Å². The molecular weight excluding hydrogens is 298 g/mol. The molecule has 6 heteroatoms. The highest BCUT2D eigenvalue weighted by Crippen LogP contribution is 2.18. The van der Waals surface area contributed by atoms with E-state index >= 15 is 0 Å². The lowest BCUT2D eigenvalue weighted by Crippen LogP contribution is -2.60. The highest BCUT2D eigenvalue weighted by Gasteiger charge is 2.33. The molecule has 0 spiro atoms. The minimum absolute atomic E-state index is 0.0609. The summed E-state index contributed by atoms with van der Waals surface area (Å²) in [5.41, 5.74) is 0.972. The summed E-state index contributed by atoms with van der Waals surface area (Å²) in [6.45, 7) is 7.60. The van der Waals surface area contributed by atoms with Crippen molar-refractivity contribution in [3.05, 3.63) is 30.3 Å². The number of benzene rings is 1. The Morgan fingerprint density at radius 1 is 1.23 bits per heavy atom. The van der Waals surface area contributed by atoms with Gasteiger partial charge in [0.05, 0.1) is 6.61 Å². The SMILES string of the molecule is CCOC(=O)N1C[C@H](C)N(C(=S)Nc2ccccc2)C[C@@H]1C. The van der Waals surface area contributed by atoms with Gasteiger partial charge in [0.15, 0.2) is 5.11 Å². The zero-order chi connectivity index (χ0) is 16.1. The van der Waals surface area contributed by atoms with E-state index in [2.05, 4.69) is 17.1 Å². The van der Waals surface area contributed by atoms with Gasteiger partial charge < -0.3 is 19.9 Å². The second-order valence-corrected chi connectivity index (χ2v) is 5.88.